The smallest absolute Gasteiger partial charge is 0.228 e. The lowest BCUT2D eigenvalue weighted by molar-refractivity contribution is -0.120. The van der Waals surface area contributed by atoms with Crippen LogP contribution >= 0.6 is 11.3 Å². The third kappa shape index (κ3) is 4.68. The Labute approximate surface area is 127 Å². The molecular weight excluding hydrogens is 286 g/mol. The van der Waals surface area contributed by atoms with Crippen LogP contribution in [0.2, 0.25) is 0 Å². The van der Waals surface area contributed by atoms with E-state index in [9.17, 15) is 9.59 Å². The molecule has 2 rings (SSSR count). The second kappa shape index (κ2) is 6.99. The number of hydrogen-bond acceptors (Lipinski definition) is 4. The van der Waals surface area contributed by atoms with Crippen LogP contribution in [0.1, 0.15) is 30.6 Å². The Morgan fingerprint density at radius 2 is 2.00 bits per heavy atom. The fourth-order valence-electron chi connectivity index (χ4n) is 1.95. The molecule has 2 aromatic rings. The first-order valence-corrected chi connectivity index (χ1v) is 7.46. The number of nitrogens with one attached hydrogen (secondary N) is 2. The van der Waals surface area contributed by atoms with Crippen LogP contribution < -0.4 is 10.6 Å². The predicted molar refractivity (Wildman–Crippen MR) is 83.1 cm³/mol. The van der Waals surface area contributed by atoms with Gasteiger partial charge >= 0.3 is 0 Å². The van der Waals surface area contributed by atoms with Crippen LogP contribution in [0.3, 0.4) is 0 Å². The minimum absolute atomic E-state index is 0.165. The third-order valence-corrected chi connectivity index (χ3v) is 3.71. The van der Waals surface area contributed by atoms with Crippen LogP contribution in [0.25, 0.3) is 0 Å². The first-order chi connectivity index (χ1) is 10.0. The van der Waals surface area contributed by atoms with E-state index in [0.717, 1.165) is 11.3 Å². The third-order valence-electron chi connectivity index (χ3n) is 2.83. The highest BCUT2D eigenvalue weighted by Crippen LogP contribution is 2.19. The molecule has 6 heteroatoms. The van der Waals surface area contributed by atoms with Gasteiger partial charge in [0.25, 0.3) is 0 Å². The molecule has 0 bridgehead atoms. The SMILES string of the molecule is CC(=O)N[C@H](CC(=O)Nc1nc(C)cs1)c1ccccc1. The van der Waals surface area contributed by atoms with Crippen LogP contribution in [0, 0.1) is 6.92 Å². The van der Waals surface area contributed by atoms with Gasteiger partial charge in [-0.25, -0.2) is 4.98 Å². The zero-order valence-electron chi connectivity index (χ0n) is 11.9. The lowest BCUT2D eigenvalue weighted by Crippen LogP contribution is -2.29. The number of benzene rings is 1. The monoisotopic (exact) mass is 303 g/mol. The second-order valence-electron chi connectivity index (χ2n) is 4.71. The van der Waals surface area contributed by atoms with E-state index in [0.29, 0.717) is 5.13 Å². The number of anilines is 1. The quantitative estimate of drug-likeness (QED) is 0.892. The molecule has 5 nitrogen and oxygen atoms in total. The Hall–Kier alpha value is -2.21. The molecule has 21 heavy (non-hydrogen) atoms. The summed E-state index contributed by atoms with van der Waals surface area (Å²) in [6.07, 6.45) is 0.169. The molecule has 0 aliphatic carbocycles. The standard InChI is InChI=1S/C15H17N3O2S/c1-10-9-21-15(16-10)18-14(20)8-13(17-11(2)19)12-6-4-3-5-7-12/h3-7,9,13H,8H2,1-2H3,(H,17,19)(H,16,18,20)/t13-/m1/s1. The molecule has 0 saturated carbocycles. The summed E-state index contributed by atoms with van der Waals surface area (Å²) >= 11 is 1.38. The zero-order valence-corrected chi connectivity index (χ0v) is 12.7. The topological polar surface area (TPSA) is 71.1 Å². The van der Waals surface area contributed by atoms with Crippen LogP contribution in [0.5, 0.6) is 0 Å². The average Bonchev–Trinajstić information content (AvgIpc) is 2.83. The Morgan fingerprint density at radius 1 is 1.29 bits per heavy atom. The number of hydrogen-bond donors (Lipinski definition) is 2. The molecule has 0 unspecified atom stereocenters. The molecule has 1 aromatic carbocycles. The van der Waals surface area contributed by atoms with Gasteiger partial charge < -0.3 is 10.6 Å². The highest BCUT2D eigenvalue weighted by atomic mass is 32.1. The lowest BCUT2D eigenvalue weighted by atomic mass is 10.0. The Bertz CT molecular complexity index is 625. The van der Waals surface area contributed by atoms with Gasteiger partial charge in [0, 0.05) is 12.3 Å². The number of rotatable bonds is 5. The van der Waals surface area contributed by atoms with Crippen LogP contribution in [-0.4, -0.2) is 16.8 Å². The van der Waals surface area contributed by atoms with Crippen molar-refractivity contribution in [1.82, 2.24) is 10.3 Å². The largest absolute Gasteiger partial charge is 0.349 e. The molecule has 0 aliphatic heterocycles. The molecule has 0 spiro atoms. The van der Waals surface area contributed by atoms with E-state index in [1.807, 2.05) is 42.6 Å². The highest BCUT2D eigenvalue weighted by molar-refractivity contribution is 7.13. The molecule has 1 heterocycles. The molecule has 1 atom stereocenters. The Balaban J connectivity index is 2.04. The number of amides is 2. The lowest BCUT2D eigenvalue weighted by Gasteiger charge is -2.17. The molecular formula is C15H17N3O2S. The van der Waals surface area contributed by atoms with Crippen molar-refractivity contribution in [2.45, 2.75) is 26.3 Å². The Morgan fingerprint density at radius 3 is 2.57 bits per heavy atom. The van der Waals surface area contributed by atoms with E-state index < -0.39 is 0 Å². The summed E-state index contributed by atoms with van der Waals surface area (Å²) in [7, 11) is 0. The summed E-state index contributed by atoms with van der Waals surface area (Å²) in [5.74, 6) is -0.339. The van der Waals surface area contributed by atoms with Crippen LogP contribution in [0.4, 0.5) is 5.13 Å². The van der Waals surface area contributed by atoms with E-state index in [1.165, 1.54) is 18.3 Å². The number of aromatic nitrogens is 1. The van der Waals surface area contributed by atoms with Crippen LogP contribution in [0.15, 0.2) is 35.7 Å². The number of carbonyl (C=O) groups is 2. The summed E-state index contributed by atoms with van der Waals surface area (Å²) in [5, 5.41) is 8.00. The second-order valence-corrected chi connectivity index (χ2v) is 5.57. The first-order valence-electron chi connectivity index (χ1n) is 6.58. The molecule has 1 aromatic heterocycles. The van der Waals surface area contributed by atoms with Crippen molar-refractivity contribution in [3.63, 3.8) is 0 Å². The molecule has 0 radical (unpaired) electrons. The van der Waals surface area contributed by atoms with Crippen molar-refractivity contribution in [2.75, 3.05) is 5.32 Å². The predicted octanol–water partition coefficient (Wildman–Crippen LogP) is 2.66. The van der Waals surface area contributed by atoms with Crippen molar-refractivity contribution in [3.8, 4) is 0 Å². The van der Waals surface area contributed by atoms with Gasteiger partial charge in [0.05, 0.1) is 18.2 Å². The number of carbonyl (C=O) groups excluding carboxylic acids is 2. The van der Waals surface area contributed by atoms with Crippen molar-refractivity contribution in [2.24, 2.45) is 0 Å². The molecule has 0 aliphatic rings. The fraction of sp³-hybridized carbons (Fsp3) is 0.267. The van der Waals surface area contributed by atoms with Crippen LogP contribution in [-0.2, 0) is 9.59 Å². The normalized spacial score (nSPS) is 11.7. The highest BCUT2D eigenvalue weighted by Gasteiger charge is 2.17. The van der Waals surface area contributed by atoms with Gasteiger partial charge in [0.15, 0.2) is 5.13 Å². The van der Waals surface area contributed by atoms with E-state index in [2.05, 4.69) is 15.6 Å². The van der Waals surface area contributed by atoms with Crippen molar-refractivity contribution in [1.29, 1.82) is 0 Å². The van der Waals surface area contributed by atoms with Crippen molar-refractivity contribution < 1.29 is 9.59 Å². The molecule has 0 saturated heterocycles. The summed E-state index contributed by atoms with van der Waals surface area (Å²) in [4.78, 5) is 27.6. The first kappa shape index (κ1) is 15.2. The average molecular weight is 303 g/mol. The number of thiazole rings is 1. The fourth-order valence-corrected chi connectivity index (χ4v) is 2.65. The van der Waals surface area contributed by atoms with Gasteiger partial charge in [0.1, 0.15) is 0 Å². The van der Waals surface area contributed by atoms with Crippen molar-refractivity contribution in [3.05, 3.63) is 47.0 Å². The molecule has 2 amide bonds. The van der Waals surface area contributed by atoms with Gasteiger partial charge in [-0.15, -0.1) is 11.3 Å². The molecule has 2 N–H and O–H groups in total. The van der Waals surface area contributed by atoms with E-state index in [4.69, 9.17) is 0 Å². The maximum absolute atomic E-state index is 12.1. The van der Waals surface area contributed by atoms with Crippen molar-refractivity contribution >= 4 is 28.3 Å². The Kier molecular flexibility index (Phi) is 5.05. The summed E-state index contributed by atoms with van der Waals surface area (Å²) < 4.78 is 0. The van der Waals surface area contributed by atoms with Gasteiger partial charge in [0.2, 0.25) is 11.8 Å². The maximum Gasteiger partial charge on any atom is 0.228 e. The van der Waals surface area contributed by atoms with Gasteiger partial charge in [-0.05, 0) is 12.5 Å². The van der Waals surface area contributed by atoms with E-state index in [-0.39, 0.29) is 24.3 Å². The number of aryl methyl sites for hydroxylation is 1. The summed E-state index contributed by atoms with van der Waals surface area (Å²) in [5.41, 5.74) is 1.77. The van der Waals surface area contributed by atoms with Gasteiger partial charge in [-0.3, -0.25) is 9.59 Å². The van der Waals surface area contributed by atoms with E-state index >= 15 is 0 Å². The molecule has 0 fully saturated rings. The van der Waals surface area contributed by atoms with Gasteiger partial charge in [-0.2, -0.15) is 0 Å². The maximum atomic E-state index is 12.1. The van der Waals surface area contributed by atoms with Gasteiger partial charge in [-0.1, -0.05) is 30.3 Å². The van der Waals surface area contributed by atoms with E-state index in [1.54, 1.807) is 0 Å². The minimum Gasteiger partial charge on any atom is -0.349 e. The molecule has 110 valence electrons. The summed E-state index contributed by atoms with van der Waals surface area (Å²) in [6, 6.07) is 9.10. The zero-order chi connectivity index (χ0) is 15.2. The minimum atomic E-state index is -0.343. The number of nitrogens with zero attached hydrogens (tertiary/aromatic N) is 1. The summed E-state index contributed by atoms with van der Waals surface area (Å²) in [6.45, 7) is 3.31.